The van der Waals surface area contributed by atoms with E-state index in [1.807, 2.05) is 0 Å². The number of rotatable bonds is 3. The Balaban J connectivity index is 1.78. The van der Waals surface area contributed by atoms with Gasteiger partial charge in [-0.3, -0.25) is 4.79 Å². The minimum atomic E-state index is -4.53. The molecule has 0 radical (unpaired) electrons. The zero-order valence-electron chi connectivity index (χ0n) is 14.2. The third-order valence-corrected chi connectivity index (χ3v) is 5.77. The molecule has 0 atom stereocenters. The zero-order chi connectivity index (χ0) is 19.2. The normalized spacial score (nSPS) is 14.3. The molecule has 3 aromatic rings. The minimum Gasteiger partial charge on any atom is -0.467 e. The van der Waals surface area contributed by atoms with Crippen LogP contribution in [-0.4, -0.2) is 10.9 Å². The van der Waals surface area contributed by atoms with Gasteiger partial charge in [-0.05, 0) is 48.9 Å². The van der Waals surface area contributed by atoms with E-state index < -0.39 is 17.8 Å². The van der Waals surface area contributed by atoms with Crippen molar-refractivity contribution >= 4 is 33.1 Å². The fraction of sp³-hybridized carbons (Fsp3) is 0.333. The number of nitrogens with one attached hydrogen (secondary N) is 1. The lowest BCUT2D eigenvalue weighted by atomic mass is 9.88. The molecule has 0 fully saturated rings. The maximum atomic E-state index is 13.5. The summed E-state index contributed by atoms with van der Waals surface area (Å²) in [6.07, 6.45) is -0.739. The quantitative estimate of drug-likeness (QED) is 0.693. The number of aromatic nitrogens is 1. The van der Waals surface area contributed by atoms with Crippen LogP contribution in [0.1, 0.15) is 45.1 Å². The van der Waals surface area contributed by atoms with Crippen molar-refractivity contribution in [2.24, 2.45) is 0 Å². The molecule has 0 aromatic carbocycles. The van der Waals surface area contributed by atoms with Crippen LogP contribution in [0.3, 0.4) is 0 Å². The van der Waals surface area contributed by atoms with Gasteiger partial charge in [0.15, 0.2) is 0 Å². The molecule has 0 saturated heterocycles. The van der Waals surface area contributed by atoms with Gasteiger partial charge in [-0.2, -0.15) is 13.2 Å². The zero-order valence-corrected chi connectivity index (χ0v) is 15.0. The first-order valence-electron chi connectivity index (χ1n) is 8.47. The molecule has 3 heterocycles. The van der Waals surface area contributed by atoms with Crippen LogP contribution in [-0.2, 0) is 25.6 Å². The average molecular weight is 395 g/mol. The van der Waals surface area contributed by atoms with E-state index in [1.165, 1.54) is 6.26 Å². The summed E-state index contributed by atoms with van der Waals surface area (Å²) >= 11 is 0.894. The molecule has 0 spiro atoms. The lowest BCUT2D eigenvalue weighted by molar-refractivity contribution is -0.141. The topological polar surface area (TPSA) is 81.2 Å². The molecular formula is C18H16F3N3O2S. The van der Waals surface area contributed by atoms with Gasteiger partial charge in [0.05, 0.1) is 18.5 Å². The van der Waals surface area contributed by atoms with Crippen LogP contribution in [0.5, 0.6) is 0 Å². The van der Waals surface area contributed by atoms with Crippen LogP contribution in [0.15, 0.2) is 22.8 Å². The maximum absolute atomic E-state index is 13.5. The van der Waals surface area contributed by atoms with Crippen molar-refractivity contribution in [3.8, 4) is 0 Å². The summed E-state index contributed by atoms with van der Waals surface area (Å²) in [5, 5.41) is 3.17. The van der Waals surface area contributed by atoms with Gasteiger partial charge in [0.25, 0.3) is 5.91 Å². The number of pyridine rings is 1. The molecule has 142 valence electrons. The summed E-state index contributed by atoms with van der Waals surface area (Å²) in [7, 11) is 0. The number of fused-ring (bicyclic) bond motifs is 3. The number of thiophene rings is 1. The molecule has 1 aliphatic rings. The van der Waals surface area contributed by atoms with E-state index >= 15 is 0 Å². The number of alkyl halides is 3. The van der Waals surface area contributed by atoms with Crippen molar-refractivity contribution in [3.05, 3.63) is 45.9 Å². The van der Waals surface area contributed by atoms with Crippen molar-refractivity contribution in [1.29, 1.82) is 0 Å². The standard InChI is InChI=1S/C18H16F3N3O2S/c19-18(20,21)15-11-6-2-1-5-10(11)12-13(22)14(27-17(12)24-15)16(25)23-8-9-4-3-7-26-9/h3-4,7H,1-2,5-6,8,22H2,(H,23,25). The van der Waals surface area contributed by atoms with Gasteiger partial charge in [-0.25, -0.2) is 4.98 Å². The monoisotopic (exact) mass is 395 g/mol. The van der Waals surface area contributed by atoms with Crippen LogP contribution < -0.4 is 11.1 Å². The molecule has 0 unspecified atom stereocenters. The Bertz CT molecular complexity index is 1010. The highest BCUT2D eigenvalue weighted by molar-refractivity contribution is 7.21. The Morgan fingerprint density at radius 3 is 2.70 bits per heavy atom. The first-order chi connectivity index (χ1) is 12.9. The van der Waals surface area contributed by atoms with Gasteiger partial charge in [0.1, 0.15) is 21.2 Å². The number of anilines is 1. The number of nitrogens with two attached hydrogens (primary N) is 1. The lowest BCUT2D eigenvalue weighted by Gasteiger charge is -2.21. The van der Waals surface area contributed by atoms with Crippen molar-refractivity contribution in [1.82, 2.24) is 10.3 Å². The molecule has 0 aliphatic heterocycles. The fourth-order valence-electron chi connectivity index (χ4n) is 3.48. The lowest BCUT2D eigenvalue weighted by Crippen LogP contribution is -2.22. The van der Waals surface area contributed by atoms with Crippen molar-refractivity contribution < 1.29 is 22.4 Å². The van der Waals surface area contributed by atoms with Gasteiger partial charge < -0.3 is 15.5 Å². The summed E-state index contributed by atoms with van der Waals surface area (Å²) in [5.41, 5.74) is 6.32. The first-order valence-corrected chi connectivity index (χ1v) is 9.29. The van der Waals surface area contributed by atoms with Gasteiger partial charge >= 0.3 is 6.18 Å². The highest BCUT2D eigenvalue weighted by atomic mass is 32.1. The summed E-state index contributed by atoms with van der Waals surface area (Å²) in [6, 6.07) is 3.41. The number of amides is 1. The van der Waals surface area contributed by atoms with Crippen LogP contribution >= 0.6 is 11.3 Å². The fourth-order valence-corrected chi connectivity index (χ4v) is 4.52. The van der Waals surface area contributed by atoms with Crippen molar-refractivity contribution in [3.63, 3.8) is 0 Å². The number of carbonyl (C=O) groups excluding carboxylic acids is 1. The predicted molar refractivity (Wildman–Crippen MR) is 95.6 cm³/mol. The Labute approximate surface area is 156 Å². The number of nitrogen functional groups attached to an aromatic ring is 1. The SMILES string of the molecule is Nc1c(C(=O)NCc2ccco2)sc2nc(C(F)(F)F)c3c(c12)CCCC3. The summed E-state index contributed by atoms with van der Waals surface area (Å²) in [5.74, 6) is 0.114. The number of furan rings is 1. The molecule has 0 bridgehead atoms. The van der Waals surface area contributed by atoms with Crippen LogP contribution in [0.4, 0.5) is 18.9 Å². The second-order valence-corrected chi connectivity index (χ2v) is 7.41. The molecule has 1 amide bonds. The highest BCUT2D eigenvalue weighted by Crippen LogP contribution is 2.43. The van der Waals surface area contributed by atoms with E-state index in [4.69, 9.17) is 10.2 Å². The van der Waals surface area contributed by atoms with E-state index in [9.17, 15) is 18.0 Å². The molecule has 5 nitrogen and oxygen atoms in total. The van der Waals surface area contributed by atoms with Gasteiger partial charge in [0, 0.05) is 5.39 Å². The molecule has 0 saturated carbocycles. The number of halogens is 3. The van der Waals surface area contributed by atoms with E-state index in [1.54, 1.807) is 12.1 Å². The smallest absolute Gasteiger partial charge is 0.433 e. The first kappa shape index (κ1) is 17.8. The molecule has 9 heteroatoms. The summed E-state index contributed by atoms with van der Waals surface area (Å²) in [6.45, 7) is 0.166. The highest BCUT2D eigenvalue weighted by Gasteiger charge is 2.38. The molecule has 3 N–H and O–H groups in total. The number of hydrogen-bond acceptors (Lipinski definition) is 5. The number of carbonyl (C=O) groups is 1. The minimum absolute atomic E-state index is 0.156. The third kappa shape index (κ3) is 3.16. The second kappa shape index (κ2) is 6.56. The number of aryl methyl sites for hydroxylation is 1. The number of hydrogen-bond donors (Lipinski definition) is 2. The van der Waals surface area contributed by atoms with Crippen LogP contribution in [0.2, 0.25) is 0 Å². The van der Waals surface area contributed by atoms with Gasteiger partial charge in [0.2, 0.25) is 0 Å². The predicted octanol–water partition coefficient (Wildman–Crippen LogP) is 4.30. The van der Waals surface area contributed by atoms with Crippen LogP contribution in [0, 0.1) is 0 Å². The van der Waals surface area contributed by atoms with Crippen molar-refractivity contribution in [2.45, 2.75) is 38.4 Å². The largest absolute Gasteiger partial charge is 0.467 e. The Morgan fingerprint density at radius 2 is 2.04 bits per heavy atom. The van der Waals surface area contributed by atoms with E-state index in [0.717, 1.165) is 17.8 Å². The van der Waals surface area contributed by atoms with E-state index in [-0.39, 0.29) is 27.5 Å². The van der Waals surface area contributed by atoms with Gasteiger partial charge in [-0.15, -0.1) is 11.3 Å². The molecular weight excluding hydrogens is 379 g/mol. The molecule has 1 aliphatic carbocycles. The third-order valence-electron chi connectivity index (χ3n) is 4.67. The van der Waals surface area contributed by atoms with Gasteiger partial charge in [-0.1, -0.05) is 0 Å². The van der Waals surface area contributed by atoms with Crippen molar-refractivity contribution in [2.75, 3.05) is 5.73 Å². The molecule has 27 heavy (non-hydrogen) atoms. The van der Waals surface area contributed by atoms with Crippen LogP contribution in [0.25, 0.3) is 10.2 Å². The summed E-state index contributed by atoms with van der Waals surface area (Å²) in [4.78, 5) is 16.7. The Kier molecular flexibility index (Phi) is 4.33. The van der Waals surface area contributed by atoms with E-state index in [2.05, 4.69) is 10.3 Å². The molecule has 4 rings (SSSR count). The molecule has 3 aromatic heterocycles. The Morgan fingerprint density at radius 1 is 1.30 bits per heavy atom. The second-order valence-electron chi connectivity index (χ2n) is 6.41. The Hall–Kier alpha value is -2.55. The van der Waals surface area contributed by atoms with E-state index in [0.29, 0.717) is 36.0 Å². The number of nitrogens with zero attached hydrogens (tertiary/aromatic N) is 1. The average Bonchev–Trinajstić information content (AvgIpc) is 3.26. The summed E-state index contributed by atoms with van der Waals surface area (Å²) < 4.78 is 45.6. The maximum Gasteiger partial charge on any atom is 0.433 e.